The molecule has 2 atom stereocenters. The molecular formula is C15H23NO2. The molecule has 100 valence electrons. The summed E-state index contributed by atoms with van der Waals surface area (Å²) in [5, 5.41) is 0. The van der Waals surface area contributed by atoms with Crippen LogP contribution in [0.1, 0.15) is 45.6 Å². The van der Waals surface area contributed by atoms with E-state index in [0.717, 1.165) is 5.56 Å². The van der Waals surface area contributed by atoms with Gasteiger partial charge in [0.25, 0.3) is 0 Å². The van der Waals surface area contributed by atoms with Crippen LogP contribution in [0.3, 0.4) is 0 Å². The minimum Gasteiger partial charge on any atom is -0.460 e. The second-order valence-electron chi connectivity index (χ2n) is 5.65. The Morgan fingerprint density at radius 1 is 1.28 bits per heavy atom. The van der Waals surface area contributed by atoms with E-state index < -0.39 is 5.60 Å². The molecule has 0 bridgehead atoms. The lowest BCUT2D eigenvalue weighted by Gasteiger charge is -2.23. The Labute approximate surface area is 109 Å². The highest BCUT2D eigenvalue weighted by Crippen LogP contribution is 2.20. The zero-order valence-corrected chi connectivity index (χ0v) is 11.6. The average Bonchev–Trinajstić information content (AvgIpc) is 2.26. The highest BCUT2D eigenvalue weighted by Gasteiger charge is 2.22. The first kappa shape index (κ1) is 14.7. The Morgan fingerprint density at radius 3 is 2.33 bits per heavy atom. The number of esters is 1. The molecule has 0 heterocycles. The highest BCUT2D eigenvalue weighted by molar-refractivity contribution is 5.70. The van der Waals surface area contributed by atoms with Crippen molar-refractivity contribution in [2.24, 2.45) is 5.73 Å². The number of carbonyl (C=O) groups excluding carboxylic acids is 1. The van der Waals surface area contributed by atoms with Crippen molar-refractivity contribution < 1.29 is 9.53 Å². The van der Waals surface area contributed by atoms with Gasteiger partial charge in [0.15, 0.2) is 0 Å². The summed E-state index contributed by atoms with van der Waals surface area (Å²) in [6, 6.07) is 9.76. The van der Waals surface area contributed by atoms with Gasteiger partial charge in [-0.25, -0.2) is 0 Å². The van der Waals surface area contributed by atoms with E-state index in [1.54, 1.807) is 0 Å². The Kier molecular flexibility index (Phi) is 4.91. The molecular weight excluding hydrogens is 226 g/mol. The van der Waals surface area contributed by atoms with Gasteiger partial charge in [-0.15, -0.1) is 0 Å². The number of hydrogen-bond acceptors (Lipinski definition) is 3. The van der Waals surface area contributed by atoms with Crippen LogP contribution in [0.5, 0.6) is 0 Å². The minimum absolute atomic E-state index is 0.138. The maximum atomic E-state index is 11.7. The molecule has 0 radical (unpaired) electrons. The van der Waals surface area contributed by atoms with Crippen LogP contribution >= 0.6 is 0 Å². The van der Waals surface area contributed by atoms with Crippen LogP contribution in [-0.4, -0.2) is 17.6 Å². The van der Waals surface area contributed by atoms with Gasteiger partial charge < -0.3 is 10.5 Å². The number of rotatable bonds is 4. The topological polar surface area (TPSA) is 52.3 Å². The summed E-state index contributed by atoms with van der Waals surface area (Å²) < 4.78 is 5.28. The normalized spacial score (nSPS) is 14.9. The SMILES string of the molecule is CC(c1ccccc1)C(N)CC(=O)OC(C)(C)C. The molecule has 3 heteroatoms. The average molecular weight is 249 g/mol. The summed E-state index contributed by atoms with van der Waals surface area (Å²) in [5.74, 6) is -0.100. The summed E-state index contributed by atoms with van der Waals surface area (Å²) in [6.07, 6.45) is 0.243. The molecule has 0 aliphatic heterocycles. The van der Waals surface area contributed by atoms with Gasteiger partial charge in [-0.3, -0.25) is 4.79 Å². The van der Waals surface area contributed by atoms with Gasteiger partial charge in [-0.2, -0.15) is 0 Å². The van der Waals surface area contributed by atoms with Crippen molar-refractivity contribution in [3.05, 3.63) is 35.9 Å². The Morgan fingerprint density at radius 2 is 1.83 bits per heavy atom. The molecule has 0 aliphatic rings. The number of benzene rings is 1. The lowest BCUT2D eigenvalue weighted by molar-refractivity contribution is -0.155. The van der Waals surface area contributed by atoms with Crippen molar-refractivity contribution in [3.8, 4) is 0 Å². The van der Waals surface area contributed by atoms with Crippen LogP contribution < -0.4 is 5.73 Å². The molecule has 0 saturated heterocycles. The number of hydrogen-bond donors (Lipinski definition) is 1. The van der Waals surface area contributed by atoms with E-state index >= 15 is 0 Å². The Balaban J connectivity index is 2.55. The van der Waals surface area contributed by atoms with E-state index in [-0.39, 0.29) is 24.3 Å². The first-order valence-electron chi connectivity index (χ1n) is 6.32. The zero-order chi connectivity index (χ0) is 13.8. The van der Waals surface area contributed by atoms with Crippen LogP contribution in [0, 0.1) is 0 Å². The molecule has 2 N–H and O–H groups in total. The van der Waals surface area contributed by atoms with Crippen molar-refractivity contribution >= 4 is 5.97 Å². The molecule has 1 aromatic carbocycles. The smallest absolute Gasteiger partial charge is 0.307 e. The van der Waals surface area contributed by atoms with Crippen LogP contribution in [-0.2, 0) is 9.53 Å². The summed E-state index contributed by atoms with van der Waals surface area (Å²) in [7, 11) is 0. The molecule has 0 saturated carbocycles. The molecule has 18 heavy (non-hydrogen) atoms. The fourth-order valence-electron chi connectivity index (χ4n) is 1.76. The fraction of sp³-hybridized carbons (Fsp3) is 0.533. The van der Waals surface area contributed by atoms with Gasteiger partial charge in [0.05, 0.1) is 6.42 Å². The largest absolute Gasteiger partial charge is 0.460 e. The Bertz CT molecular complexity index is 381. The van der Waals surface area contributed by atoms with Crippen molar-refractivity contribution in [1.82, 2.24) is 0 Å². The van der Waals surface area contributed by atoms with E-state index in [1.165, 1.54) is 0 Å². The third kappa shape index (κ3) is 4.88. The lowest BCUT2D eigenvalue weighted by atomic mass is 9.92. The maximum absolute atomic E-state index is 11.7. The van der Waals surface area contributed by atoms with E-state index in [2.05, 4.69) is 0 Å². The molecule has 1 rings (SSSR count). The molecule has 2 unspecified atom stereocenters. The second-order valence-corrected chi connectivity index (χ2v) is 5.65. The summed E-state index contributed by atoms with van der Waals surface area (Å²) >= 11 is 0. The summed E-state index contributed by atoms with van der Waals surface area (Å²) in [6.45, 7) is 7.61. The first-order valence-corrected chi connectivity index (χ1v) is 6.32. The van der Waals surface area contributed by atoms with Gasteiger partial charge in [-0.05, 0) is 32.3 Å². The molecule has 0 aliphatic carbocycles. The van der Waals surface area contributed by atoms with Crippen molar-refractivity contribution in [3.63, 3.8) is 0 Å². The molecule has 0 amide bonds. The minimum atomic E-state index is -0.452. The molecule has 0 aromatic heterocycles. The summed E-state index contributed by atoms with van der Waals surface area (Å²) in [4.78, 5) is 11.7. The van der Waals surface area contributed by atoms with Crippen LogP contribution in [0.15, 0.2) is 30.3 Å². The standard InChI is InChI=1S/C15H23NO2/c1-11(12-8-6-5-7-9-12)13(16)10-14(17)18-15(2,3)4/h5-9,11,13H,10,16H2,1-4H3. The van der Waals surface area contributed by atoms with Gasteiger partial charge in [0.2, 0.25) is 0 Å². The van der Waals surface area contributed by atoms with Crippen LogP contribution in [0.2, 0.25) is 0 Å². The highest BCUT2D eigenvalue weighted by atomic mass is 16.6. The fourth-order valence-corrected chi connectivity index (χ4v) is 1.76. The van der Waals surface area contributed by atoms with Crippen molar-refractivity contribution in [1.29, 1.82) is 0 Å². The van der Waals surface area contributed by atoms with E-state index in [1.807, 2.05) is 58.0 Å². The van der Waals surface area contributed by atoms with Gasteiger partial charge >= 0.3 is 5.97 Å². The summed E-state index contributed by atoms with van der Waals surface area (Å²) in [5.41, 5.74) is 6.76. The number of carbonyl (C=O) groups is 1. The van der Waals surface area contributed by atoms with Crippen LogP contribution in [0.4, 0.5) is 0 Å². The number of ether oxygens (including phenoxy) is 1. The van der Waals surface area contributed by atoms with Gasteiger partial charge in [-0.1, -0.05) is 37.3 Å². The van der Waals surface area contributed by atoms with Gasteiger partial charge in [0, 0.05) is 6.04 Å². The predicted molar refractivity (Wildman–Crippen MR) is 73.3 cm³/mol. The quantitative estimate of drug-likeness (QED) is 0.835. The molecule has 0 fully saturated rings. The lowest BCUT2D eigenvalue weighted by Crippen LogP contribution is -2.33. The predicted octanol–water partition coefficient (Wildman–Crippen LogP) is 2.85. The van der Waals surface area contributed by atoms with Crippen LogP contribution in [0.25, 0.3) is 0 Å². The van der Waals surface area contributed by atoms with Gasteiger partial charge in [0.1, 0.15) is 5.60 Å². The van der Waals surface area contributed by atoms with E-state index in [4.69, 9.17) is 10.5 Å². The first-order chi connectivity index (χ1) is 8.29. The van der Waals surface area contributed by atoms with E-state index in [9.17, 15) is 4.79 Å². The molecule has 1 aromatic rings. The Hall–Kier alpha value is -1.35. The van der Waals surface area contributed by atoms with E-state index in [0.29, 0.717) is 0 Å². The number of nitrogens with two attached hydrogens (primary N) is 1. The van der Waals surface area contributed by atoms with Crippen molar-refractivity contribution in [2.75, 3.05) is 0 Å². The zero-order valence-electron chi connectivity index (χ0n) is 11.6. The third-order valence-electron chi connectivity index (χ3n) is 2.79. The second kappa shape index (κ2) is 6.01. The third-order valence-corrected chi connectivity index (χ3v) is 2.79. The maximum Gasteiger partial charge on any atom is 0.307 e. The monoisotopic (exact) mass is 249 g/mol. The molecule has 3 nitrogen and oxygen atoms in total. The molecule has 0 spiro atoms. The van der Waals surface area contributed by atoms with Crippen molar-refractivity contribution in [2.45, 2.75) is 51.7 Å².